The molecule has 13 nitrogen and oxygen atoms in total. The summed E-state index contributed by atoms with van der Waals surface area (Å²) >= 11 is 0. The quantitative estimate of drug-likeness (QED) is 0.477. The van der Waals surface area contributed by atoms with Gasteiger partial charge in [0.1, 0.15) is 0 Å². The minimum absolute atomic E-state index is 0.541. The molecule has 0 unspecified atom stereocenters. The van der Waals surface area contributed by atoms with E-state index in [-0.39, 0.29) is 0 Å². The first-order valence-electron chi connectivity index (χ1n) is 5.11. The maximum atomic E-state index is 11.1. The number of hydrogen-bond acceptors (Lipinski definition) is 9. The van der Waals surface area contributed by atoms with E-state index in [0.29, 0.717) is 6.07 Å². The first-order chi connectivity index (χ1) is 9.84. The average molecular weight is 295 g/mol. The zero-order chi connectivity index (χ0) is 15.7. The summed E-state index contributed by atoms with van der Waals surface area (Å²) in [5, 5.41) is 39.8. The monoisotopic (exact) mass is 295 g/mol. The molecule has 1 aromatic carbocycles. The van der Waals surface area contributed by atoms with E-state index >= 15 is 0 Å². The zero-order valence-corrected chi connectivity index (χ0v) is 9.94. The van der Waals surface area contributed by atoms with E-state index in [1.54, 1.807) is 0 Å². The minimum atomic E-state index is -1.05. The zero-order valence-electron chi connectivity index (χ0n) is 9.94. The van der Waals surface area contributed by atoms with Gasteiger partial charge in [0.05, 0.1) is 33.2 Å². The Labute approximate surface area is 114 Å². The van der Waals surface area contributed by atoms with E-state index in [0.717, 1.165) is 17.1 Å². The van der Waals surface area contributed by atoms with Crippen molar-refractivity contribution in [1.82, 2.24) is 15.0 Å². The summed E-state index contributed by atoms with van der Waals surface area (Å²) in [7, 11) is 0. The van der Waals surface area contributed by atoms with E-state index in [9.17, 15) is 30.3 Å². The fourth-order valence-electron chi connectivity index (χ4n) is 1.67. The van der Waals surface area contributed by atoms with Crippen LogP contribution in [0.5, 0.6) is 0 Å². The highest BCUT2D eigenvalue weighted by Gasteiger charge is 2.37. The van der Waals surface area contributed by atoms with Crippen molar-refractivity contribution in [3.05, 3.63) is 48.8 Å². The molecule has 1 aromatic heterocycles. The van der Waals surface area contributed by atoms with Gasteiger partial charge in [0, 0.05) is 0 Å². The van der Waals surface area contributed by atoms with Gasteiger partial charge < -0.3 is 5.73 Å². The summed E-state index contributed by atoms with van der Waals surface area (Å²) < 4.78 is 0.746. The lowest BCUT2D eigenvalue weighted by atomic mass is 10.1. The Hall–Kier alpha value is -3.64. The smallest absolute Gasteiger partial charge is 0.331 e. The molecule has 0 saturated carbocycles. The van der Waals surface area contributed by atoms with Crippen molar-refractivity contribution in [2.75, 3.05) is 5.73 Å². The van der Waals surface area contributed by atoms with Crippen molar-refractivity contribution in [3.63, 3.8) is 0 Å². The van der Waals surface area contributed by atoms with Crippen LogP contribution in [0.4, 0.5) is 22.7 Å². The topological polar surface area (TPSA) is 186 Å². The van der Waals surface area contributed by atoms with Crippen LogP contribution in [0.15, 0.2) is 18.5 Å². The van der Waals surface area contributed by atoms with Gasteiger partial charge in [-0.2, -0.15) is 0 Å². The van der Waals surface area contributed by atoms with Gasteiger partial charge in [-0.1, -0.05) is 5.21 Å². The van der Waals surface area contributed by atoms with E-state index in [4.69, 9.17) is 5.73 Å². The molecule has 0 aliphatic rings. The molecule has 0 saturated heterocycles. The van der Waals surface area contributed by atoms with E-state index < -0.39 is 43.2 Å². The van der Waals surface area contributed by atoms with Gasteiger partial charge in [0.15, 0.2) is 5.69 Å². The summed E-state index contributed by atoms with van der Waals surface area (Å²) in [6.07, 6.45) is 2.24. The first-order valence-corrected chi connectivity index (χ1v) is 5.11. The molecule has 0 radical (unpaired) electrons. The molecule has 108 valence electrons. The Morgan fingerprint density at radius 2 is 1.67 bits per heavy atom. The minimum Gasteiger partial charge on any atom is -0.387 e. The van der Waals surface area contributed by atoms with Crippen LogP contribution in [0.25, 0.3) is 5.69 Å². The number of anilines is 1. The van der Waals surface area contributed by atoms with Gasteiger partial charge in [-0.25, -0.2) is 4.68 Å². The van der Waals surface area contributed by atoms with Gasteiger partial charge in [0.2, 0.25) is 5.69 Å². The van der Waals surface area contributed by atoms with E-state index in [1.807, 2.05) is 0 Å². The van der Waals surface area contributed by atoms with Crippen LogP contribution >= 0.6 is 0 Å². The van der Waals surface area contributed by atoms with Crippen LogP contribution in [0.2, 0.25) is 0 Å². The SMILES string of the molecule is Nc1c([N+](=O)[O-])cc([N+](=O)[O-])c(-n2ccnn2)c1[N+](=O)[O-]. The van der Waals surface area contributed by atoms with Crippen LogP contribution in [-0.4, -0.2) is 29.8 Å². The fraction of sp³-hybridized carbons (Fsp3) is 0. The van der Waals surface area contributed by atoms with Crippen molar-refractivity contribution < 1.29 is 14.8 Å². The Morgan fingerprint density at radius 3 is 2.10 bits per heavy atom. The van der Waals surface area contributed by atoms with Crippen molar-refractivity contribution in [1.29, 1.82) is 0 Å². The van der Waals surface area contributed by atoms with Crippen LogP contribution in [-0.2, 0) is 0 Å². The van der Waals surface area contributed by atoms with Crippen molar-refractivity contribution in [3.8, 4) is 5.69 Å². The van der Waals surface area contributed by atoms with E-state index in [2.05, 4.69) is 10.3 Å². The molecule has 0 bridgehead atoms. The Kier molecular flexibility index (Phi) is 3.15. The molecule has 13 heteroatoms. The molecule has 0 atom stereocenters. The predicted octanol–water partition coefficient (Wildman–Crippen LogP) is 0.574. The second-order valence-corrected chi connectivity index (χ2v) is 3.64. The molecule has 1 heterocycles. The molecule has 2 rings (SSSR count). The number of nitrogens with two attached hydrogens (primary N) is 1. The van der Waals surface area contributed by atoms with Crippen molar-refractivity contribution >= 4 is 22.7 Å². The Balaban J connectivity index is 2.96. The highest BCUT2D eigenvalue weighted by atomic mass is 16.6. The summed E-state index contributed by atoms with van der Waals surface area (Å²) in [4.78, 5) is 29.9. The molecule has 0 fully saturated rings. The van der Waals surface area contributed by atoms with Crippen LogP contribution in [0.1, 0.15) is 0 Å². The van der Waals surface area contributed by atoms with Crippen molar-refractivity contribution in [2.45, 2.75) is 0 Å². The third kappa shape index (κ3) is 2.18. The number of rotatable bonds is 4. The summed E-state index contributed by atoms with van der Waals surface area (Å²) in [5.41, 5.74) is 1.18. The molecule has 0 spiro atoms. The largest absolute Gasteiger partial charge is 0.387 e. The second-order valence-electron chi connectivity index (χ2n) is 3.64. The number of nitro groups is 3. The first kappa shape index (κ1) is 13.8. The van der Waals surface area contributed by atoms with Gasteiger partial charge in [-0.15, -0.1) is 5.10 Å². The van der Waals surface area contributed by atoms with Gasteiger partial charge in [-0.05, 0) is 0 Å². The summed E-state index contributed by atoms with van der Waals surface area (Å²) in [5.74, 6) is 0. The molecule has 0 aliphatic carbocycles. The van der Waals surface area contributed by atoms with Gasteiger partial charge in [0.25, 0.3) is 0 Å². The maximum absolute atomic E-state index is 11.1. The fourth-order valence-corrected chi connectivity index (χ4v) is 1.67. The normalized spacial score (nSPS) is 10.3. The van der Waals surface area contributed by atoms with Crippen LogP contribution < -0.4 is 5.73 Å². The van der Waals surface area contributed by atoms with Crippen LogP contribution in [0.3, 0.4) is 0 Å². The maximum Gasteiger partial charge on any atom is 0.331 e. The molecule has 21 heavy (non-hydrogen) atoms. The third-order valence-corrected chi connectivity index (χ3v) is 2.50. The highest BCUT2D eigenvalue weighted by Crippen LogP contribution is 2.42. The Morgan fingerprint density at radius 1 is 1.05 bits per heavy atom. The lowest BCUT2D eigenvalue weighted by molar-refractivity contribution is -0.401. The standard InChI is InChI=1S/C8H5N7O6/c9-6-4(13(16)17)3-5(14(18)19)7(8(6)15(20)21)12-2-1-10-11-12/h1-3H,9H2. The number of hydrogen-bond donors (Lipinski definition) is 1. The van der Waals surface area contributed by atoms with Crippen molar-refractivity contribution in [2.24, 2.45) is 0 Å². The average Bonchev–Trinajstić information content (AvgIpc) is 2.90. The molecular weight excluding hydrogens is 290 g/mol. The predicted molar refractivity (Wildman–Crippen MR) is 65.7 cm³/mol. The number of benzene rings is 1. The summed E-state index contributed by atoms with van der Waals surface area (Å²) in [6, 6.07) is 0.541. The second kappa shape index (κ2) is 4.80. The number of nitro benzene ring substituents is 3. The lowest BCUT2D eigenvalue weighted by Gasteiger charge is -2.06. The lowest BCUT2D eigenvalue weighted by Crippen LogP contribution is -2.10. The highest BCUT2D eigenvalue weighted by molar-refractivity contribution is 5.83. The van der Waals surface area contributed by atoms with Crippen LogP contribution in [0, 0.1) is 30.3 Å². The van der Waals surface area contributed by atoms with Gasteiger partial charge >= 0.3 is 17.1 Å². The number of nitrogens with zero attached hydrogens (tertiary/aromatic N) is 6. The molecule has 0 amide bonds. The number of nitrogen functional groups attached to an aromatic ring is 1. The van der Waals surface area contributed by atoms with E-state index in [1.165, 1.54) is 0 Å². The number of aromatic nitrogens is 3. The van der Waals surface area contributed by atoms with Gasteiger partial charge in [-0.3, -0.25) is 30.3 Å². The summed E-state index contributed by atoms with van der Waals surface area (Å²) in [6.45, 7) is 0. The molecule has 2 aromatic rings. The third-order valence-electron chi connectivity index (χ3n) is 2.50. The molecular formula is C8H5N7O6. The molecule has 2 N–H and O–H groups in total. The molecule has 0 aliphatic heterocycles. The Bertz CT molecular complexity index is 755.